The van der Waals surface area contributed by atoms with Crippen LogP contribution in [0.3, 0.4) is 0 Å². The smallest absolute Gasteiger partial charge is 0.304 e. The molecule has 6 heteroatoms. The number of aliphatic hydroxyl groups is 1. The fourth-order valence-electron chi connectivity index (χ4n) is 5.70. The number of fused-ring (bicyclic) bond motifs is 2. The van der Waals surface area contributed by atoms with Crippen molar-refractivity contribution in [3.05, 3.63) is 76.3 Å². The Morgan fingerprint density at radius 1 is 1.05 bits per heavy atom. The molecule has 0 spiro atoms. The number of ether oxygens (including phenoxy) is 3. The minimum absolute atomic E-state index is 0.0516. The van der Waals surface area contributed by atoms with Crippen molar-refractivity contribution in [1.82, 2.24) is 0 Å². The maximum absolute atomic E-state index is 11.1. The Bertz CT molecular complexity index is 1330. The van der Waals surface area contributed by atoms with Crippen LogP contribution in [0.15, 0.2) is 48.5 Å². The normalized spacial score (nSPS) is 18.0. The van der Waals surface area contributed by atoms with Crippen molar-refractivity contribution in [2.75, 3.05) is 13.2 Å². The number of hydrogen-bond acceptors (Lipinski definition) is 5. The number of hydrogen-bond donors (Lipinski definition) is 2. The van der Waals surface area contributed by atoms with Crippen molar-refractivity contribution < 1.29 is 29.2 Å². The lowest BCUT2D eigenvalue weighted by Gasteiger charge is -2.20. The summed E-state index contributed by atoms with van der Waals surface area (Å²) in [6.45, 7) is 8.68. The van der Waals surface area contributed by atoms with Gasteiger partial charge in [-0.1, -0.05) is 24.3 Å². The predicted octanol–water partition coefficient (Wildman–Crippen LogP) is 6.53. The van der Waals surface area contributed by atoms with Crippen LogP contribution < -0.4 is 14.2 Å². The Kier molecular flexibility index (Phi) is 7.10. The Labute approximate surface area is 224 Å². The van der Waals surface area contributed by atoms with Crippen molar-refractivity contribution in [1.29, 1.82) is 0 Å². The summed E-state index contributed by atoms with van der Waals surface area (Å²) in [4.78, 5) is 11.1. The van der Waals surface area contributed by atoms with Crippen molar-refractivity contribution >= 4 is 5.97 Å². The zero-order chi connectivity index (χ0) is 27.0. The first kappa shape index (κ1) is 26.1. The number of rotatable bonds is 9. The van der Waals surface area contributed by atoms with Crippen LogP contribution in [0.25, 0.3) is 11.1 Å². The van der Waals surface area contributed by atoms with E-state index in [1.807, 2.05) is 18.2 Å². The summed E-state index contributed by atoms with van der Waals surface area (Å²) in [7, 11) is 0. The fourth-order valence-corrected chi connectivity index (χ4v) is 5.70. The Balaban J connectivity index is 1.35. The molecule has 2 atom stereocenters. The number of aryl methyl sites for hydroxylation is 2. The summed E-state index contributed by atoms with van der Waals surface area (Å²) in [6.07, 6.45) is 2.41. The molecule has 3 aromatic carbocycles. The molecule has 1 aliphatic carbocycles. The maximum atomic E-state index is 11.1. The molecule has 1 aliphatic heterocycles. The average Bonchev–Trinajstić information content (AvgIpc) is 3.42. The van der Waals surface area contributed by atoms with Gasteiger partial charge in [-0.25, -0.2) is 0 Å². The molecule has 0 aromatic heterocycles. The molecule has 0 saturated heterocycles. The van der Waals surface area contributed by atoms with E-state index in [4.69, 9.17) is 19.3 Å². The van der Waals surface area contributed by atoms with Crippen molar-refractivity contribution in [2.24, 2.45) is 0 Å². The number of benzene rings is 3. The Morgan fingerprint density at radius 3 is 2.53 bits per heavy atom. The topological polar surface area (TPSA) is 85.2 Å². The van der Waals surface area contributed by atoms with Gasteiger partial charge >= 0.3 is 5.97 Å². The van der Waals surface area contributed by atoms with Gasteiger partial charge in [0.1, 0.15) is 23.4 Å². The molecule has 1 heterocycles. The van der Waals surface area contributed by atoms with Gasteiger partial charge in [-0.2, -0.15) is 0 Å². The molecule has 3 aromatic rings. The van der Waals surface area contributed by atoms with Crippen molar-refractivity contribution in [3.63, 3.8) is 0 Å². The maximum Gasteiger partial charge on any atom is 0.304 e. The van der Waals surface area contributed by atoms with Crippen molar-refractivity contribution in [3.8, 4) is 28.4 Å². The molecule has 38 heavy (non-hydrogen) atoms. The average molecular weight is 517 g/mol. The molecule has 0 bridgehead atoms. The third-order valence-corrected chi connectivity index (χ3v) is 7.54. The lowest BCUT2D eigenvalue weighted by atomic mass is 9.90. The van der Waals surface area contributed by atoms with Gasteiger partial charge in [-0.3, -0.25) is 4.79 Å². The summed E-state index contributed by atoms with van der Waals surface area (Å²) in [5, 5.41) is 19.1. The predicted molar refractivity (Wildman–Crippen MR) is 146 cm³/mol. The standard InChI is InChI=1S/C32H36O6/c1-19-14-23(36-13-12-32(3,4)35)15-20(2)31(19)27-7-5-6-26-25(27)10-11-28(26)38-22-8-9-24-21(16-30(33)34)18-37-29(24)17-22/h5-9,14-15,17,21,28,35H,10-13,16,18H2,1-4H3,(H,33,34)/t21?,28-/m1/s1. The zero-order valence-electron chi connectivity index (χ0n) is 22.5. The van der Waals surface area contributed by atoms with Crippen molar-refractivity contribution in [2.45, 2.75) is 71.0 Å². The van der Waals surface area contributed by atoms with Crippen LogP contribution in [0.1, 0.15) is 72.9 Å². The van der Waals surface area contributed by atoms with Gasteiger partial charge in [-0.15, -0.1) is 0 Å². The van der Waals surface area contributed by atoms with Gasteiger partial charge < -0.3 is 24.4 Å². The number of aliphatic carboxylic acids is 1. The first-order valence-corrected chi connectivity index (χ1v) is 13.3. The highest BCUT2D eigenvalue weighted by atomic mass is 16.5. The molecule has 2 aliphatic rings. The lowest BCUT2D eigenvalue weighted by Crippen LogP contribution is -2.21. The first-order valence-electron chi connectivity index (χ1n) is 13.3. The summed E-state index contributed by atoms with van der Waals surface area (Å²) in [6, 6.07) is 16.4. The second-order valence-electron chi connectivity index (χ2n) is 11.2. The molecule has 0 saturated carbocycles. The van der Waals surface area contributed by atoms with Gasteiger partial charge in [0, 0.05) is 24.0 Å². The third-order valence-electron chi connectivity index (χ3n) is 7.54. The van der Waals surface area contributed by atoms with Crippen LogP contribution in [0.5, 0.6) is 17.2 Å². The number of carboxylic acids is 1. The quantitative estimate of drug-likeness (QED) is 0.336. The Morgan fingerprint density at radius 2 is 1.82 bits per heavy atom. The van der Waals surface area contributed by atoms with Gasteiger partial charge in [0.15, 0.2) is 0 Å². The van der Waals surface area contributed by atoms with Crippen LogP contribution in [-0.4, -0.2) is 35.0 Å². The van der Waals surface area contributed by atoms with Crippen LogP contribution >= 0.6 is 0 Å². The molecule has 0 radical (unpaired) electrons. The van der Waals surface area contributed by atoms with E-state index in [-0.39, 0.29) is 18.4 Å². The molecule has 0 amide bonds. The van der Waals surface area contributed by atoms with Gasteiger partial charge in [0.25, 0.3) is 0 Å². The van der Waals surface area contributed by atoms with E-state index in [2.05, 4.69) is 44.2 Å². The second-order valence-corrected chi connectivity index (χ2v) is 11.2. The summed E-state index contributed by atoms with van der Waals surface area (Å²) >= 11 is 0. The first-order chi connectivity index (χ1) is 18.1. The number of carboxylic acid groups (broad SMARTS) is 1. The van der Waals surface area contributed by atoms with E-state index in [1.165, 1.54) is 22.3 Å². The van der Waals surface area contributed by atoms with E-state index < -0.39 is 11.6 Å². The lowest BCUT2D eigenvalue weighted by molar-refractivity contribution is -0.137. The summed E-state index contributed by atoms with van der Waals surface area (Å²) in [5.74, 6) is 1.35. The monoisotopic (exact) mass is 516 g/mol. The highest BCUT2D eigenvalue weighted by Crippen LogP contribution is 2.44. The molecule has 1 unspecified atom stereocenters. The highest BCUT2D eigenvalue weighted by molar-refractivity contribution is 5.76. The van der Waals surface area contributed by atoms with E-state index in [0.717, 1.165) is 46.8 Å². The molecular weight excluding hydrogens is 480 g/mol. The SMILES string of the molecule is Cc1cc(OCCC(C)(C)O)cc(C)c1-c1cccc2c1CC[C@H]2Oc1ccc2c(c1)OCC2CC(=O)O. The minimum atomic E-state index is -0.816. The third kappa shape index (κ3) is 5.51. The van der Waals surface area contributed by atoms with Gasteiger partial charge in [-0.05, 0) is 92.1 Å². The zero-order valence-corrected chi connectivity index (χ0v) is 22.5. The largest absolute Gasteiger partial charge is 0.493 e. The van der Waals surface area contributed by atoms with E-state index in [0.29, 0.717) is 19.6 Å². The minimum Gasteiger partial charge on any atom is -0.493 e. The molecule has 6 nitrogen and oxygen atoms in total. The van der Waals surface area contributed by atoms with Gasteiger partial charge in [0.05, 0.1) is 25.2 Å². The number of carbonyl (C=O) groups is 1. The van der Waals surface area contributed by atoms with Crippen LogP contribution in [-0.2, 0) is 11.2 Å². The second kappa shape index (κ2) is 10.3. The highest BCUT2D eigenvalue weighted by Gasteiger charge is 2.30. The van der Waals surface area contributed by atoms with E-state index in [9.17, 15) is 9.90 Å². The molecule has 200 valence electrons. The van der Waals surface area contributed by atoms with Crippen LogP contribution in [0.4, 0.5) is 0 Å². The molecule has 2 N–H and O–H groups in total. The molecule has 0 fully saturated rings. The Hall–Kier alpha value is -3.51. The van der Waals surface area contributed by atoms with E-state index >= 15 is 0 Å². The van der Waals surface area contributed by atoms with Crippen LogP contribution in [0.2, 0.25) is 0 Å². The molecular formula is C32H36O6. The van der Waals surface area contributed by atoms with E-state index in [1.54, 1.807) is 13.8 Å². The van der Waals surface area contributed by atoms with Crippen LogP contribution in [0, 0.1) is 13.8 Å². The summed E-state index contributed by atoms with van der Waals surface area (Å²) in [5.41, 5.74) is 7.50. The summed E-state index contributed by atoms with van der Waals surface area (Å²) < 4.78 is 18.2. The fraction of sp³-hybridized carbons (Fsp3) is 0.406. The van der Waals surface area contributed by atoms with Gasteiger partial charge in [0.2, 0.25) is 0 Å². The molecule has 5 rings (SSSR count).